The number of rotatable bonds is 3. The lowest BCUT2D eigenvalue weighted by molar-refractivity contribution is -0.114. The molecule has 3 rings (SSSR count). The molecule has 1 aliphatic heterocycles. The summed E-state index contributed by atoms with van der Waals surface area (Å²) in [7, 11) is 0. The van der Waals surface area contributed by atoms with Crippen LogP contribution in [0.1, 0.15) is 28.9 Å². The second-order valence-electron chi connectivity index (χ2n) is 6.00. The fourth-order valence-corrected chi connectivity index (χ4v) is 3.30. The molecule has 2 aromatic rings. The number of amides is 2. The highest BCUT2D eigenvalue weighted by atomic mass is 35.5. The number of hydrogen-bond donors (Lipinski definition) is 2. The molecule has 1 aliphatic rings. The Bertz CT molecular complexity index is 776. The maximum Gasteiger partial charge on any atom is 0.254 e. The number of halogens is 1. The maximum atomic E-state index is 13.0. The standard InChI is InChI=1S/C19H20ClN3O2/c1-13(24)22-15-8-6-14(7-9-15)19(25)23-11-10-21-12-18(23)16-4-2-3-5-17(16)20/h2-9,18,21H,10-12H2,1H3,(H,22,24). The normalized spacial score (nSPS) is 17.2. The molecule has 1 atom stereocenters. The molecule has 1 saturated heterocycles. The van der Waals surface area contributed by atoms with E-state index in [0.717, 1.165) is 12.1 Å². The zero-order valence-electron chi connectivity index (χ0n) is 14.0. The summed E-state index contributed by atoms with van der Waals surface area (Å²) in [5, 5.41) is 6.69. The third kappa shape index (κ3) is 4.00. The molecule has 2 amide bonds. The number of benzene rings is 2. The third-order valence-corrected chi connectivity index (χ3v) is 4.56. The first-order valence-electron chi connectivity index (χ1n) is 8.20. The quantitative estimate of drug-likeness (QED) is 0.887. The fraction of sp³-hybridized carbons (Fsp3) is 0.263. The molecule has 0 aliphatic carbocycles. The van der Waals surface area contributed by atoms with Crippen molar-refractivity contribution in [2.45, 2.75) is 13.0 Å². The van der Waals surface area contributed by atoms with Gasteiger partial charge >= 0.3 is 0 Å². The molecule has 130 valence electrons. The molecule has 1 fully saturated rings. The van der Waals surface area contributed by atoms with Crippen LogP contribution in [0.15, 0.2) is 48.5 Å². The van der Waals surface area contributed by atoms with E-state index in [-0.39, 0.29) is 17.9 Å². The van der Waals surface area contributed by atoms with Gasteiger partial charge in [-0.1, -0.05) is 29.8 Å². The van der Waals surface area contributed by atoms with Crippen molar-refractivity contribution in [3.63, 3.8) is 0 Å². The van der Waals surface area contributed by atoms with Gasteiger partial charge in [0.25, 0.3) is 5.91 Å². The molecule has 25 heavy (non-hydrogen) atoms. The molecule has 0 radical (unpaired) electrons. The summed E-state index contributed by atoms with van der Waals surface area (Å²) in [5.74, 6) is -0.180. The Kier molecular flexibility index (Phi) is 5.36. The molecule has 0 aromatic heterocycles. The van der Waals surface area contributed by atoms with Crippen LogP contribution in [0.5, 0.6) is 0 Å². The molecule has 0 spiro atoms. The monoisotopic (exact) mass is 357 g/mol. The van der Waals surface area contributed by atoms with E-state index in [1.165, 1.54) is 6.92 Å². The number of nitrogens with zero attached hydrogens (tertiary/aromatic N) is 1. The molecule has 2 N–H and O–H groups in total. The van der Waals surface area contributed by atoms with Crippen molar-refractivity contribution in [3.8, 4) is 0 Å². The molecule has 0 bridgehead atoms. The lowest BCUT2D eigenvalue weighted by atomic mass is 10.0. The Hall–Kier alpha value is -2.37. The average Bonchev–Trinajstić information content (AvgIpc) is 2.62. The Morgan fingerprint density at radius 1 is 1.16 bits per heavy atom. The molecule has 5 nitrogen and oxygen atoms in total. The molecule has 1 heterocycles. The summed E-state index contributed by atoms with van der Waals surface area (Å²) in [6.45, 7) is 3.48. The molecule has 0 saturated carbocycles. The molecule has 6 heteroatoms. The van der Waals surface area contributed by atoms with Crippen LogP contribution < -0.4 is 10.6 Å². The lowest BCUT2D eigenvalue weighted by Gasteiger charge is -2.37. The highest BCUT2D eigenvalue weighted by molar-refractivity contribution is 6.31. The van der Waals surface area contributed by atoms with E-state index in [1.54, 1.807) is 24.3 Å². The van der Waals surface area contributed by atoms with Gasteiger partial charge in [-0.15, -0.1) is 0 Å². The highest BCUT2D eigenvalue weighted by Gasteiger charge is 2.29. The van der Waals surface area contributed by atoms with Gasteiger partial charge in [0.05, 0.1) is 6.04 Å². The van der Waals surface area contributed by atoms with Gasteiger partial charge in [-0.2, -0.15) is 0 Å². The zero-order chi connectivity index (χ0) is 17.8. The predicted octanol–water partition coefficient (Wildman–Crippen LogP) is 3.09. The van der Waals surface area contributed by atoms with Crippen molar-refractivity contribution >= 4 is 29.1 Å². The number of carbonyl (C=O) groups is 2. The minimum atomic E-state index is -0.139. The van der Waals surface area contributed by atoms with Crippen molar-refractivity contribution in [1.29, 1.82) is 0 Å². The predicted molar refractivity (Wildman–Crippen MR) is 98.8 cm³/mol. The fourth-order valence-electron chi connectivity index (χ4n) is 3.04. The lowest BCUT2D eigenvalue weighted by Crippen LogP contribution is -2.48. The van der Waals surface area contributed by atoms with E-state index in [9.17, 15) is 9.59 Å². The number of nitrogens with one attached hydrogen (secondary N) is 2. The third-order valence-electron chi connectivity index (χ3n) is 4.22. The van der Waals surface area contributed by atoms with Crippen molar-refractivity contribution < 1.29 is 9.59 Å². The largest absolute Gasteiger partial charge is 0.329 e. The summed E-state index contributed by atoms with van der Waals surface area (Å²) < 4.78 is 0. The van der Waals surface area contributed by atoms with Gasteiger partial charge in [0.15, 0.2) is 0 Å². The van der Waals surface area contributed by atoms with Crippen LogP contribution in [0.4, 0.5) is 5.69 Å². The van der Waals surface area contributed by atoms with E-state index in [0.29, 0.717) is 29.4 Å². The van der Waals surface area contributed by atoms with Crippen LogP contribution in [-0.2, 0) is 4.79 Å². The Morgan fingerprint density at radius 3 is 2.56 bits per heavy atom. The van der Waals surface area contributed by atoms with Crippen LogP contribution in [0.3, 0.4) is 0 Å². The van der Waals surface area contributed by atoms with E-state index in [2.05, 4.69) is 10.6 Å². The SMILES string of the molecule is CC(=O)Nc1ccc(C(=O)N2CCNCC2c2ccccc2Cl)cc1. The van der Waals surface area contributed by atoms with Gasteiger partial charge in [0, 0.05) is 42.8 Å². The van der Waals surface area contributed by atoms with E-state index in [4.69, 9.17) is 11.6 Å². The van der Waals surface area contributed by atoms with Gasteiger partial charge in [0.2, 0.25) is 5.91 Å². The van der Waals surface area contributed by atoms with Crippen LogP contribution >= 0.6 is 11.6 Å². The summed E-state index contributed by atoms with van der Waals surface area (Å²) >= 11 is 6.34. The Labute approximate surface area is 152 Å². The minimum absolute atomic E-state index is 0.0409. The Morgan fingerprint density at radius 2 is 1.88 bits per heavy atom. The first-order chi connectivity index (χ1) is 12.1. The van der Waals surface area contributed by atoms with Crippen LogP contribution in [0.25, 0.3) is 0 Å². The van der Waals surface area contributed by atoms with Crippen molar-refractivity contribution in [1.82, 2.24) is 10.2 Å². The molecular weight excluding hydrogens is 338 g/mol. The topological polar surface area (TPSA) is 61.4 Å². The van der Waals surface area contributed by atoms with Gasteiger partial charge in [-0.3, -0.25) is 9.59 Å². The van der Waals surface area contributed by atoms with Crippen LogP contribution in [-0.4, -0.2) is 36.3 Å². The first-order valence-corrected chi connectivity index (χ1v) is 8.58. The van der Waals surface area contributed by atoms with Crippen molar-refractivity contribution in [2.75, 3.05) is 25.0 Å². The molecule has 1 unspecified atom stereocenters. The number of carbonyl (C=O) groups excluding carboxylic acids is 2. The molecular formula is C19H20ClN3O2. The maximum absolute atomic E-state index is 13.0. The highest BCUT2D eigenvalue weighted by Crippen LogP contribution is 2.29. The number of anilines is 1. The zero-order valence-corrected chi connectivity index (χ0v) is 14.7. The summed E-state index contributed by atoms with van der Waals surface area (Å²) in [4.78, 5) is 26.0. The number of piperazine rings is 1. The van der Waals surface area contributed by atoms with Gasteiger partial charge < -0.3 is 15.5 Å². The Balaban J connectivity index is 1.84. The van der Waals surface area contributed by atoms with Gasteiger partial charge in [-0.05, 0) is 35.9 Å². The molecule has 2 aromatic carbocycles. The summed E-state index contributed by atoms with van der Waals surface area (Å²) in [5.41, 5.74) is 2.21. The van der Waals surface area contributed by atoms with Gasteiger partial charge in [-0.25, -0.2) is 0 Å². The van der Waals surface area contributed by atoms with Crippen LogP contribution in [0.2, 0.25) is 5.02 Å². The number of hydrogen-bond acceptors (Lipinski definition) is 3. The summed E-state index contributed by atoms with van der Waals surface area (Å²) in [6.07, 6.45) is 0. The van der Waals surface area contributed by atoms with Crippen LogP contribution in [0, 0.1) is 0 Å². The minimum Gasteiger partial charge on any atom is -0.329 e. The first kappa shape index (κ1) is 17.5. The van der Waals surface area contributed by atoms with E-state index >= 15 is 0 Å². The van der Waals surface area contributed by atoms with Crippen molar-refractivity contribution in [2.24, 2.45) is 0 Å². The second-order valence-corrected chi connectivity index (χ2v) is 6.41. The van der Waals surface area contributed by atoms with E-state index < -0.39 is 0 Å². The summed E-state index contributed by atoms with van der Waals surface area (Å²) in [6, 6.07) is 14.5. The second kappa shape index (κ2) is 7.68. The average molecular weight is 358 g/mol. The van der Waals surface area contributed by atoms with Gasteiger partial charge in [0.1, 0.15) is 0 Å². The van der Waals surface area contributed by atoms with E-state index in [1.807, 2.05) is 29.2 Å². The smallest absolute Gasteiger partial charge is 0.254 e. The van der Waals surface area contributed by atoms with Crippen molar-refractivity contribution in [3.05, 3.63) is 64.7 Å².